The molecule has 0 saturated carbocycles. The zero-order chi connectivity index (χ0) is 26.8. The summed E-state index contributed by atoms with van der Waals surface area (Å²) in [5, 5.41) is 2.27. The molecular weight excluding hydrogens is 504 g/mol. The first-order valence-corrected chi connectivity index (χ1v) is 12.6. The standard InChI is InChI=1S/C28H22N4O5S/c1-17-2-4-18(5-3-17)14-23-27(36)31(28(37)38-23)13-12-30-24(33)20-6-7-21-22(15-20)26(35)32(25(21)34)16-19-8-10-29-11-9-19/h2-11,14-15H,12-13,16H2,1H3,(H,30,33). The van der Waals surface area contributed by atoms with Crippen LogP contribution < -0.4 is 5.32 Å². The summed E-state index contributed by atoms with van der Waals surface area (Å²) in [6.07, 6.45) is 4.84. The van der Waals surface area contributed by atoms with Crippen LogP contribution in [0.5, 0.6) is 0 Å². The molecule has 5 amide bonds. The second-order valence-corrected chi connectivity index (χ2v) is 9.81. The molecular formula is C28H22N4O5S. The molecule has 1 aromatic heterocycles. The van der Waals surface area contributed by atoms with Crippen LogP contribution in [0.1, 0.15) is 47.8 Å². The minimum Gasteiger partial charge on any atom is -0.350 e. The fraction of sp³-hybridized carbons (Fsp3) is 0.143. The molecule has 0 unspecified atom stereocenters. The molecule has 2 aliphatic heterocycles. The number of aryl methyl sites for hydroxylation is 1. The molecule has 1 fully saturated rings. The van der Waals surface area contributed by atoms with E-state index in [4.69, 9.17) is 0 Å². The Morgan fingerprint density at radius 2 is 1.61 bits per heavy atom. The van der Waals surface area contributed by atoms with Gasteiger partial charge in [0, 0.05) is 31.0 Å². The number of carbonyl (C=O) groups is 5. The van der Waals surface area contributed by atoms with E-state index in [1.807, 2.05) is 31.2 Å². The minimum atomic E-state index is -0.484. The highest BCUT2D eigenvalue weighted by molar-refractivity contribution is 8.18. The lowest BCUT2D eigenvalue weighted by atomic mass is 10.1. The van der Waals surface area contributed by atoms with Gasteiger partial charge in [0.15, 0.2) is 0 Å². The number of nitrogens with one attached hydrogen (secondary N) is 1. The maximum atomic E-state index is 12.9. The Morgan fingerprint density at radius 1 is 0.895 bits per heavy atom. The monoisotopic (exact) mass is 526 g/mol. The van der Waals surface area contributed by atoms with Gasteiger partial charge in [0.2, 0.25) is 0 Å². The van der Waals surface area contributed by atoms with E-state index in [0.717, 1.165) is 38.3 Å². The van der Waals surface area contributed by atoms with E-state index in [9.17, 15) is 24.0 Å². The molecule has 10 heteroatoms. The quantitative estimate of drug-likeness (QED) is 0.369. The Kier molecular flexibility index (Phi) is 6.89. The molecule has 1 N–H and O–H groups in total. The molecule has 38 heavy (non-hydrogen) atoms. The lowest BCUT2D eigenvalue weighted by molar-refractivity contribution is -0.122. The Hall–Kier alpha value is -4.57. The number of hydrogen-bond acceptors (Lipinski definition) is 7. The van der Waals surface area contributed by atoms with Crippen LogP contribution in [0, 0.1) is 6.92 Å². The van der Waals surface area contributed by atoms with Crippen LogP contribution in [0.25, 0.3) is 6.08 Å². The fourth-order valence-electron chi connectivity index (χ4n) is 4.14. The van der Waals surface area contributed by atoms with E-state index in [1.54, 1.807) is 30.6 Å². The molecule has 9 nitrogen and oxygen atoms in total. The van der Waals surface area contributed by atoms with E-state index in [1.165, 1.54) is 18.2 Å². The normalized spacial score (nSPS) is 16.0. The number of hydrogen-bond donors (Lipinski definition) is 1. The highest BCUT2D eigenvalue weighted by Gasteiger charge is 2.36. The predicted octanol–water partition coefficient (Wildman–Crippen LogP) is 3.65. The first-order valence-electron chi connectivity index (χ1n) is 11.8. The number of benzene rings is 2. The molecule has 3 aromatic rings. The Morgan fingerprint density at radius 3 is 2.34 bits per heavy atom. The summed E-state index contributed by atoms with van der Waals surface area (Å²) in [6.45, 7) is 2.11. The lowest BCUT2D eigenvalue weighted by Crippen LogP contribution is -2.37. The predicted molar refractivity (Wildman–Crippen MR) is 141 cm³/mol. The number of fused-ring (bicyclic) bond motifs is 1. The fourth-order valence-corrected chi connectivity index (χ4v) is 5.00. The van der Waals surface area contributed by atoms with Gasteiger partial charge in [-0.05, 0) is 66.2 Å². The molecule has 2 aromatic carbocycles. The van der Waals surface area contributed by atoms with Gasteiger partial charge in [-0.25, -0.2) is 0 Å². The smallest absolute Gasteiger partial charge is 0.293 e. The Bertz CT molecular complexity index is 1500. The largest absolute Gasteiger partial charge is 0.350 e. The molecule has 190 valence electrons. The molecule has 0 radical (unpaired) electrons. The number of thioether (sulfide) groups is 1. The molecule has 5 rings (SSSR count). The number of imide groups is 2. The van der Waals surface area contributed by atoms with Crippen LogP contribution in [0.15, 0.2) is 71.9 Å². The average Bonchev–Trinajstić information content (AvgIpc) is 3.32. The zero-order valence-corrected chi connectivity index (χ0v) is 21.2. The number of rotatable bonds is 7. The summed E-state index contributed by atoms with van der Waals surface area (Å²) in [5.74, 6) is -1.80. The summed E-state index contributed by atoms with van der Waals surface area (Å²) in [4.78, 5) is 69.9. The van der Waals surface area contributed by atoms with E-state index < -0.39 is 28.9 Å². The third kappa shape index (κ3) is 4.98. The molecule has 2 aliphatic rings. The van der Waals surface area contributed by atoms with Gasteiger partial charge >= 0.3 is 0 Å². The summed E-state index contributed by atoms with van der Waals surface area (Å²) in [5.41, 5.74) is 3.26. The average molecular weight is 527 g/mol. The lowest BCUT2D eigenvalue weighted by Gasteiger charge is -2.13. The third-order valence-corrected chi connectivity index (χ3v) is 7.10. The molecule has 3 heterocycles. The van der Waals surface area contributed by atoms with Gasteiger partial charge < -0.3 is 5.32 Å². The van der Waals surface area contributed by atoms with Crippen LogP contribution in [-0.4, -0.2) is 56.7 Å². The molecule has 0 spiro atoms. The number of carbonyl (C=O) groups excluding carboxylic acids is 5. The van der Waals surface area contributed by atoms with Gasteiger partial charge in [-0.1, -0.05) is 29.8 Å². The van der Waals surface area contributed by atoms with Crippen LogP contribution in [0.4, 0.5) is 4.79 Å². The van der Waals surface area contributed by atoms with Crippen molar-refractivity contribution >= 4 is 46.7 Å². The Labute approximate surface area is 222 Å². The second-order valence-electron chi connectivity index (χ2n) is 8.81. The maximum absolute atomic E-state index is 12.9. The van der Waals surface area contributed by atoms with Crippen molar-refractivity contribution < 1.29 is 24.0 Å². The minimum absolute atomic E-state index is 0.00368. The summed E-state index contributed by atoms with van der Waals surface area (Å²) in [7, 11) is 0. The topological polar surface area (TPSA) is 117 Å². The van der Waals surface area contributed by atoms with Gasteiger partial charge in [-0.2, -0.15) is 0 Å². The maximum Gasteiger partial charge on any atom is 0.293 e. The van der Waals surface area contributed by atoms with Crippen molar-refractivity contribution in [3.63, 3.8) is 0 Å². The first kappa shape index (κ1) is 25.1. The Balaban J connectivity index is 1.20. The van der Waals surface area contributed by atoms with Crippen LogP contribution in [0.2, 0.25) is 0 Å². The van der Waals surface area contributed by atoms with Crippen molar-refractivity contribution in [1.82, 2.24) is 20.1 Å². The van der Waals surface area contributed by atoms with Crippen molar-refractivity contribution in [3.05, 3.63) is 105 Å². The van der Waals surface area contributed by atoms with Crippen molar-refractivity contribution in [2.45, 2.75) is 13.5 Å². The number of aromatic nitrogens is 1. The van der Waals surface area contributed by atoms with E-state index in [2.05, 4.69) is 10.3 Å². The van der Waals surface area contributed by atoms with E-state index in [0.29, 0.717) is 4.91 Å². The highest BCUT2D eigenvalue weighted by Crippen LogP contribution is 2.32. The summed E-state index contributed by atoms with van der Waals surface area (Å²) < 4.78 is 0. The van der Waals surface area contributed by atoms with Gasteiger partial charge in [0.25, 0.3) is 28.9 Å². The van der Waals surface area contributed by atoms with Crippen molar-refractivity contribution in [3.8, 4) is 0 Å². The first-order chi connectivity index (χ1) is 18.3. The summed E-state index contributed by atoms with van der Waals surface area (Å²) in [6, 6.07) is 15.4. The van der Waals surface area contributed by atoms with Gasteiger partial charge in [0.05, 0.1) is 22.6 Å². The second kappa shape index (κ2) is 10.4. The molecule has 1 saturated heterocycles. The van der Waals surface area contributed by atoms with Gasteiger partial charge in [-0.3, -0.25) is 38.8 Å². The molecule has 0 atom stereocenters. The van der Waals surface area contributed by atoms with E-state index in [-0.39, 0.29) is 36.3 Å². The van der Waals surface area contributed by atoms with Crippen molar-refractivity contribution in [2.24, 2.45) is 0 Å². The van der Waals surface area contributed by atoms with Crippen LogP contribution >= 0.6 is 11.8 Å². The highest BCUT2D eigenvalue weighted by atomic mass is 32.2. The molecule has 0 bridgehead atoms. The summed E-state index contributed by atoms with van der Waals surface area (Å²) >= 11 is 0.859. The van der Waals surface area contributed by atoms with Crippen LogP contribution in [-0.2, 0) is 11.3 Å². The van der Waals surface area contributed by atoms with Crippen molar-refractivity contribution in [2.75, 3.05) is 13.1 Å². The zero-order valence-electron chi connectivity index (χ0n) is 20.3. The third-order valence-electron chi connectivity index (χ3n) is 6.19. The van der Waals surface area contributed by atoms with Gasteiger partial charge in [-0.15, -0.1) is 0 Å². The SMILES string of the molecule is Cc1ccc(C=C2SC(=O)N(CCNC(=O)c3ccc4c(c3)C(=O)N(Cc3ccncc3)C4=O)C2=O)cc1. The van der Waals surface area contributed by atoms with Crippen LogP contribution in [0.3, 0.4) is 0 Å². The number of pyridine rings is 1. The van der Waals surface area contributed by atoms with E-state index >= 15 is 0 Å². The van der Waals surface area contributed by atoms with Gasteiger partial charge in [0.1, 0.15) is 0 Å². The molecule has 0 aliphatic carbocycles. The number of amides is 5. The number of nitrogens with zero attached hydrogens (tertiary/aromatic N) is 3. The van der Waals surface area contributed by atoms with Crippen molar-refractivity contribution in [1.29, 1.82) is 0 Å².